The minimum atomic E-state index is -0.530. The first-order valence-corrected chi connectivity index (χ1v) is 13.5. The van der Waals surface area contributed by atoms with Crippen molar-refractivity contribution in [1.29, 1.82) is 0 Å². The van der Waals surface area contributed by atoms with E-state index in [0.29, 0.717) is 29.4 Å². The molecule has 0 aromatic heterocycles. The summed E-state index contributed by atoms with van der Waals surface area (Å²) in [5, 5.41) is 2.65. The van der Waals surface area contributed by atoms with Gasteiger partial charge in [-0.25, -0.2) is 9.69 Å². The molecular formula is C31H33N5O5. The number of nitrogens with two attached hydrogens (primary N) is 1. The Morgan fingerprint density at radius 1 is 0.878 bits per heavy atom. The molecule has 3 N–H and O–H groups in total. The highest BCUT2D eigenvalue weighted by atomic mass is 16.5. The van der Waals surface area contributed by atoms with Crippen molar-refractivity contribution in [2.24, 2.45) is 5.73 Å². The number of ether oxygens (including phenoxy) is 2. The zero-order valence-electron chi connectivity index (χ0n) is 22.9. The highest BCUT2D eigenvalue weighted by Gasteiger charge is 2.34. The molecule has 212 valence electrons. The van der Waals surface area contributed by atoms with Crippen LogP contribution in [0.5, 0.6) is 17.2 Å². The van der Waals surface area contributed by atoms with Crippen molar-refractivity contribution in [3.8, 4) is 17.2 Å². The first-order valence-electron chi connectivity index (χ1n) is 13.5. The van der Waals surface area contributed by atoms with Gasteiger partial charge >= 0.3 is 6.03 Å². The van der Waals surface area contributed by atoms with Gasteiger partial charge in [0.15, 0.2) is 0 Å². The van der Waals surface area contributed by atoms with Crippen LogP contribution in [-0.2, 0) is 4.79 Å². The van der Waals surface area contributed by atoms with Gasteiger partial charge in [-0.1, -0.05) is 12.1 Å². The van der Waals surface area contributed by atoms with Gasteiger partial charge in [-0.3, -0.25) is 9.59 Å². The molecule has 5 rings (SSSR count). The third-order valence-corrected chi connectivity index (χ3v) is 7.02. The van der Waals surface area contributed by atoms with Gasteiger partial charge in [0, 0.05) is 38.3 Å². The molecule has 2 saturated heterocycles. The number of rotatable bonds is 10. The fourth-order valence-corrected chi connectivity index (χ4v) is 4.63. The Morgan fingerprint density at radius 2 is 1.49 bits per heavy atom. The van der Waals surface area contributed by atoms with Crippen LogP contribution < -0.4 is 25.4 Å². The predicted octanol–water partition coefficient (Wildman–Crippen LogP) is 3.69. The topological polar surface area (TPSA) is 117 Å². The summed E-state index contributed by atoms with van der Waals surface area (Å²) < 4.78 is 11.7. The van der Waals surface area contributed by atoms with E-state index >= 15 is 0 Å². The third kappa shape index (κ3) is 7.10. The fourth-order valence-electron chi connectivity index (χ4n) is 4.63. The van der Waals surface area contributed by atoms with Crippen molar-refractivity contribution in [1.82, 2.24) is 15.1 Å². The van der Waals surface area contributed by atoms with Crippen LogP contribution in [0.4, 0.5) is 10.5 Å². The minimum Gasteiger partial charge on any atom is -0.494 e. The standard InChI is InChI=1S/C31H33N5O5/c1-34-16-18-35(19-17-34)15-2-20-40-25-9-3-22(4-10-25)21-28-30(38)36(31(39)33-28)24-7-13-27(14-8-24)41-26-11-5-23(6-12-26)29(32)37/h3-14,21H,2,15-20H2,1H3,(H2,32,37)(H,33,39). The maximum absolute atomic E-state index is 13.0. The predicted molar refractivity (Wildman–Crippen MR) is 156 cm³/mol. The van der Waals surface area contributed by atoms with Crippen molar-refractivity contribution >= 4 is 29.6 Å². The average molecular weight is 556 g/mol. The second-order valence-corrected chi connectivity index (χ2v) is 10.0. The highest BCUT2D eigenvalue weighted by molar-refractivity contribution is 6.28. The molecule has 0 spiro atoms. The number of anilines is 1. The van der Waals surface area contributed by atoms with Crippen LogP contribution in [0.25, 0.3) is 6.08 Å². The molecule has 2 fully saturated rings. The molecule has 0 saturated carbocycles. The molecule has 2 aliphatic heterocycles. The van der Waals surface area contributed by atoms with Gasteiger partial charge in [-0.05, 0) is 85.8 Å². The van der Waals surface area contributed by atoms with Gasteiger partial charge in [-0.15, -0.1) is 0 Å². The molecule has 0 bridgehead atoms. The highest BCUT2D eigenvalue weighted by Crippen LogP contribution is 2.28. The Bertz CT molecular complexity index is 1410. The van der Waals surface area contributed by atoms with Crippen molar-refractivity contribution in [3.05, 3.63) is 89.6 Å². The number of hydrogen-bond acceptors (Lipinski definition) is 7. The molecule has 0 atom stereocenters. The number of carbonyl (C=O) groups excluding carboxylic acids is 3. The SMILES string of the molecule is CN1CCN(CCCOc2ccc(C=C3NC(=O)N(c4ccc(Oc5ccc(C(N)=O)cc5)cc4)C3=O)cc2)CC1. The van der Waals surface area contributed by atoms with Gasteiger partial charge in [0.2, 0.25) is 5.91 Å². The first-order chi connectivity index (χ1) is 19.9. The van der Waals surface area contributed by atoms with Crippen LogP contribution in [0.2, 0.25) is 0 Å². The normalized spacial score (nSPS) is 17.1. The number of nitrogens with one attached hydrogen (secondary N) is 1. The van der Waals surface area contributed by atoms with Crippen LogP contribution in [0.15, 0.2) is 78.5 Å². The lowest BCUT2D eigenvalue weighted by Crippen LogP contribution is -2.44. The Balaban J connectivity index is 1.14. The summed E-state index contributed by atoms with van der Waals surface area (Å²) in [7, 11) is 2.15. The monoisotopic (exact) mass is 555 g/mol. The molecule has 10 nitrogen and oxygen atoms in total. The van der Waals surface area contributed by atoms with Crippen molar-refractivity contribution < 1.29 is 23.9 Å². The molecule has 0 aliphatic carbocycles. The van der Waals surface area contributed by atoms with Crippen LogP contribution in [0, 0.1) is 0 Å². The van der Waals surface area contributed by atoms with Crippen LogP contribution in [-0.4, -0.2) is 74.0 Å². The Hall–Kier alpha value is -4.67. The number of carbonyl (C=O) groups is 3. The lowest BCUT2D eigenvalue weighted by molar-refractivity contribution is -0.113. The summed E-state index contributed by atoms with van der Waals surface area (Å²) in [6, 6.07) is 19.9. The number of hydrogen-bond donors (Lipinski definition) is 2. The maximum Gasteiger partial charge on any atom is 0.333 e. The molecule has 2 heterocycles. The Kier molecular flexibility index (Phi) is 8.61. The number of likely N-dealkylation sites (N-methyl/N-ethyl adjacent to an activating group) is 1. The lowest BCUT2D eigenvalue weighted by Gasteiger charge is -2.32. The fraction of sp³-hybridized carbons (Fsp3) is 0.258. The van der Waals surface area contributed by atoms with E-state index in [0.717, 1.165) is 55.4 Å². The van der Waals surface area contributed by atoms with E-state index in [1.165, 1.54) is 0 Å². The summed E-state index contributed by atoms with van der Waals surface area (Å²) in [4.78, 5) is 42.8. The number of amides is 4. The Morgan fingerprint density at radius 3 is 2.12 bits per heavy atom. The molecular weight excluding hydrogens is 522 g/mol. The van der Waals surface area contributed by atoms with Gasteiger partial charge in [0.25, 0.3) is 5.91 Å². The van der Waals surface area contributed by atoms with Gasteiger partial charge in [0.1, 0.15) is 22.9 Å². The second-order valence-electron chi connectivity index (χ2n) is 10.0. The molecule has 0 unspecified atom stereocenters. The molecule has 41 heavy (non-hydrogen) atoms. The lowest BCUT2D eigenvalue weighted by atomic mass is 10.2. The number of piperazine rings is 1. The summed E-state index contributed by atoms with van der Waals surface area (Å²) in [5.41, 5.74) is 7.01. The molecule has 2 aliphatic rings. The van der Waals surface area contributed by atoms with Crippen LogP contribution in [0.1, 0.15) is 22.3 Å². The van der Waals surface area contributed by atoms with Crippen molar-refractivity contribution in [2.45, 2.75) is 6.42 Å². The number of nitrogens with zero attached hydrogens (tertiary/aromatic N) is 3. The molecule has 0 radical (unpaired) electrons. The minimum absolute atomic E-state index is 0.186. The smallest absolute Gasteiger partial charge is 0.333 e. The molecule has 4 amide bonds. The van der Waals surface area contributed by atoms with Gasteiger partial charge in [-0.2, -0.15) is 0 Å². The molecule has 3 aromatic carbocycles. The van der Waals surface area contributed by atoms with Gasteiger partial charge < -0.3 is 30.3 Å². The molecule has 10 heteroatoms. The first kappa shape index (κ1) is 27.9. The van der Waals surface area contributed by atoms with E-state index in [1.54, 1.807) is 54.6 Å². The second kappa shape index (κ2) is 12.7. The van der Waals surface area contributed by atoms with E-state index in [4.69, 9.17) is 15.2 Å². The number of primary amides is 1. The number of imide groups is 1. The summed E-state index contributed by atoms with van der Waals surface area (Å²) in [6.45, 7) is 6.08. The van der Waals surface area contributed by atoms with E-state index < -0.39 is 17.8 Å². The van der Waals surface area contributed by atoms with Crippen LogP contribution >= 0.6 is 0 Å². The third-order valence-electron chi connectivity index (χ3n) is 7.02. The Labute approximate surface area is 238 Å². The van der Waals surface area contributed by atoms with Crippen LogP contribution in [0.3, 0.4) is 0 Å². The summed E-state index contributed by atoms with van der Waals surface area (Å²) >= 11 is 0. The quantitative estimate of drug-likeness (QED) is 0.223. The zero-order chi connectivity index (χ0) is 28.8. The summed E-state index contributed by atoms with van der Waals surface area (Å²) in [6.07, 6.45) is 2.60. The van der Waals surface area contributed by atoms with E-state index in [9.17, 15) is 14.4 Å². The van der Waals surface area contributed by atoms with E-state index in [2.05, 4.69) is 22.2 Å². The van der Waals surface area contributed by atoms with Crippen molar-refractivity contribution in [3.63, 3.8) is 0 Å². The van der Waals surface area contributed by atoms with E-state index in [1.807, 2.05) is 24.3 Å². The van der Waals surface area contributed by atoms with E-state index in [-0.39, 0.29) is 5.70 Å². The number of benzene rings is 3. The average Bonchev–Trinajstić information content (AvgIpc) is 3.25. The number of urea groups is 1. The molecule has 3 aromatic rings. The maximum atomic E-state index is 13.0. The van der Waals surface area contributed by atoms with Gasteiger partial charge in [0.05, 0.1) is 12.3 Å². The summed E-state index contributed by atoms with van der Waals surface area (Å²) in [5.74, 6) is 0.821. The largest absolute Gasteiger partial charge is 0.494 e. The van der Waals surface area contributed by atoms with Crippen molar-refractivity contribution in [2.75, 3.05) is 51.3 Å². The zero-order valence-corrected chi connectivity index (χ0v) is 22.9.